The van der Waals surface area contributed by atoms with Gasteiger partial charge < -0.3 is 0 Å². The van der Waals surface area contributed by atoms with Gasteiger partial charge in [-0.05, 0) is 35.0 Å². The Hall–Kier alpha value is -3.14. The van der Waals surface area contributed by atoms with E-state index in [2.05, 4.69) is 25.6 Å². The zero-order valence-corrected chi connectivity index (χ0v) is 17.3. The molecule has 30 heavy (non-hydrogen) atoms. The molecule has 0 bridgehead atoms. The highest BCUT2D eigenvalue weighted by Gasteiger charge is 2.27. The van der Waals surface area contributed by atoms with Gasteiger partial charge in [0.15, 0.2) is 0 Å². The van der Waals surface area contributed by atoms with Crippen LogP contribution in [-0.2, 0) is 23.1 Å². The number of nitrogens with zero attached hydrogens (tertiary/aromatic N) is 5. The van der Waals surface area contributed by atoms with Crippen molar-refractivity contribution in [3.63, 3.8) is 0 Å². The van der Waals surface area contributed by atoms with Crippen molar-refractivity contribution in [1.82, 2.24) is 29.9 Å². The van der Waals surface area contributed by atoms with Gasteiger partial charge in [0.2, 0.25) is 15.8 Å². The summed E-state index contributed by atoms with van der Waals surface area (Å²) in [7, 11) is -3.86. The lowest BCUT2D eigenvalue weighted by Gasteiger charge is -2.22. The molecule has 0 radical (unpaired) electrons. The van der Waals surface area contributed by atoms with Crippen molar-refractivity contribution in [2.75, 3.05) is 0 Å². The Labute approximate surface area is 178 Å². The Balaban J connectivity index is 1.66. The van der Waals surface area contributed by atoms with Gasteiger partial charge in [-0.3, -0.25) is 4.98 Å². The van der Waals surface area contributed by atoms with E-state index in [1.165, 1.54) is 10.4 Å². The normalized spacial score (nSPS) is 11.7. The quantitative estimate of drug-likeness (QED) is 0.472. The zero-order valence-electron chi connectivity index (χ0n) is 15.7. The minimum Gasteiger partial charge on any atom is -0.260 e. The van der Waals surface area contributed by atoms with Crippen molar-refractivity contribution in [3.8, 4) is 11.4 Å². The molecule has 0 aliphatic rings. The second-order valence-corrected chi connectivity index (χ2v) is 8.77. The van der Waals surface area contributed by atoms with Gasteiger partial charge in [0.1, 0.15) is 4.90 Å². The molecule has 4 aromatic rings. The first-order valence-electron chi connectivity index (χ1n) is 9.01. The predicted octanol–water partition coefficient (Wildman–Crippen LogP) is 3.31. The van der Waals surface area contributed by atoms with Gasteiger partial charge in [-0.15, -0.1) is 10.2 Å². The monoisotopic (exact) mass is 440 g/mol. The molecule has 2 aromatic heterocycles. The molecule has 0 amide bonds. The maximum absolute atomic E-state index is 13.4. The summed E-state index contributed by atoms with van der Waals surface area (Å²) in [6, 6.07) is 19.1. The number of aromatic amines is 1. The number of nitrogens with one attached hydrogen (secondary N) is 1. The summed E-state index contributed by atoms with van der Waals surface area (Å²) in [5.41, 5.74) is 2.21. The molecule has 152 valence electrons. The Kier molecular flexibility index (Phi) is 5.84. The number of pyridine rings is 1. The fourth-order valence-electron chi connectivity index (χ4n) is 2.94. The van der Waals surface area contributed by atoms with E-state index >= 15 is 0 Å². The largest absolute Gasteiger partial charge is 0.260 e. The van der Waals surface area contributed by atoms with Crippen LogP contribution in [0.25, 0.3) is 11.4 Å². The van der Waals surface area contributed by atoms with Crippen LogP contribution in [0.3, 0.4) is 0 Å². The topological polar surface area (TPSA) is 105 Å². The highest BCUT2D eigenvalue weighted by Crippen LogP contribution is 2.27. The van der Waals surface area contributed by atoms with E-state index in [-0.39, 0.29) is 23.0 Å². The van der Waals surface area contributed by atoms with Gasteiger partial charge >= 0.3 is 0 Å². The van der Waals surface area contributed by atoms with Gasteiger partial charge in [-0.25, -0.2) is 8.42 Å². The van der Waals surface area contributed by atoms with Crippen molar-refractivity contribution in [2.45, 2.75) is 18.0 Å². The molecular weight excluding hydrogens is 424 g/mol. The van der Waals surface area contributed by atoms with Crippen molar-refractivity contribution in [1.29, 1.82) is 0 Å². The van der Waals surface area contributed by atoms with Crippen LogP contribution < -0.4 is 0 Å². The number of H-pyrrole nitrogens is 1. The number of tetrazole rings is 1. The minimum absolute atomic E-state index is 0.0611. The maximum atomic E-state index is 13.4. The van der Waals surface area contributed by atoms with Crippen LogP contribution in [0, 0.1) is 0 Å². The fourth-order valence-corrected chi connectivity index (χ4v) is 4.83. The van der Waals surface area contributed by atoms with Crippen LogP contribution in [0.1, 0.15) is 11.3 Å². The molecule has 1 N–H and O–H groups in total. The summed E-state index contributed by atoms with van der Waals surface area (Å²) in [5.74, 6) is 0.468. The van der Waals surface area contributed by atoms with E-state index in [9.17, 15) is 8.42 Å². The lowest BCUT2D eigenvalue weighted by molar-refractivity contribution is 0.397. The molecule has 0 fully saturated rings. The summed E-state index contributed by atoms with van der Waals surface area (Å²) in [6.45, 7) is 0.262. The highest BCUT2D eigenvalue weighted by atomic mass is 35.5. The second-order valence-electron chi connectivity index (χ2n) is 6.46. The molecule has 0 spiro atoms. The van der Waals surface area contributed by atoms with Crippen LogP contribution in [-0.4, -0.2) is 38.3 Å². The molecule has 0 saturated carbocycles. The third-order valence-corrected chi connectivity index (χ3v) is 6.73. The lowest BCUT2D eigenvalue weighted by atomic mass is 10.1. The van der Waals surface area contributed by atoms with Crippen LogP contribution in [0.5, 0.6) is 0 Å². The number of aromatic nitrogens is 5. The molecule has 8 nitrogen and oxygen atoms in total. The number of hydrogen-bond acceptors (Lipinski definition) is 6. The molecule has 0 saturated heterocycles. The van der Waals surface area contributed by atoms with Crippen molar-refractivity contribution >= 4 is 21.6 Å². The standard InChI is InChI=1S/C20H17ClN6O2S/c21-18-6-1-2-7-19(18)30(28,29)27(14-17-5-3-4-12-22-17)13-15-8-10-16(11-9-15)20-23-25-26-24-20/h1-12H,13-14H2,(H,23,24,25,26). The number of hydrogen-bond donors (Lipinski definition) is 1. The van der Waals surface area contributed by atoms with E-state index in [0.29, 0.717) is 11.5 Å². The molecule has 0 aliphatic carbocycles. The third-order valence-electron chi connectivity index (χ3n) is 4.44. The van der Waals surface area contributed by atoms with Gasteiger partial charge in [-0.1, -0.05) is 54.1 Å². The first-order valence-corrected chi connectivity index (χ1v) is 10.8. The van der Waals surface area contributed by atoms with Crippen LogP contribution >= 0.6 is 11.6 Å². The Morgan fingerprint density at radius 3 is 2.37 bits per heavy atom. The smallest absolute Gasteiger partial charge is 0.245 e. The van der Waals surface area contributed by atoms with Crippen LogP contribution in [0.15, 0.2) is 77.8 Å². The maximum Gasteiger partial charge on any atom is 0.245 e. The van der Waals surface area contributed by atoms with E-state index in [1.54, 1.807) is 36.5 Å². The number of benzene rings is 2. The van der Waals surface area contributed by atoms with E-state index in [1.807, 2.05) is 30.3 Å². The Bertz CT molecular complexity index is 1220. The number of rotatable bonds is 7. The summed E-state index contributed by atoms with van der Waals surface area (Å²) < 4.78 is 28.2. The second kappa shape index (κ2) is 8.70. The molecule has 4 rings (SSSR count). The zero-order chi connectivity index (χ0) is 21.0. The Morgan fingerprint density at radius 2 is 1.70 bits per heavy atom. The van der Waals surface area contributed by atoms with E-state index in [4.69, 9.17) is 11.6 Å². The SMILES string of the molecule is O=S(=O)(c1ccccc1Cl)N(Cc1ccc(-c2nn[nH]n2)cc1)Cc1ccccn1. The van der Waals surface area contributed by atoms with Crippen molar-refractivity contribution < 1.29 is 8.42 Å². The van der Waals surface area contributed by atoms with E-state index in [0.717, 1.165) is 11.1 Å². The van der Waals surface area contributed by atoms with Gasteiger partial charge in [0.25, 0.3) is 0 Å². The fraction of sp³-hybridized carbons (Fsp3) is 0.100. The molecule has 0 aliphatic heterocycles. The average molecular weight is 441 g/mol. The van der Waals surface area contributed by atoms with Crippen LogP contribution in [0.2, 0.25) is 5.02 Å². The summed E-state index contributed by atoms with van der Waals surface area (Å²) >= 11 is 6.19. The third kappa shape index (κ3) is 4.38. The molecule has 0 atom stereocenters. The summed E-state index contributed by atoms with van der Waals surface area (Å²) in [4.78, 5) is 4.33. The van der Waals surface area contributed by atoms with Gasteiger partial charge in [0, 0.05) is 18.3 Å². The average Bonchev–Trinajstić information content (AvgIpc) is 3.30. The predicted molar refractivity (Wildman–Crippen MR) is 112 cm³/mol. The van der Waals surface area contributed by atoms with Crippen molar-refractivity contribution in [2.24, 2.45) is 0 Å². The molecule has 0 unspecified atom stereocenters. The number of halogens is 1. The van der Waals surface area contributed by atoms with Crippen molar-refractivity contribution in [3.05, 3.63) is 89.2 Å². The highest BCUT2D eigenvalue weighted by molar-refractivity contribution is 7.89. The van der Waals surface area contributed by atoms with E-state index < -0.39 is 10.0 Å². The summed E-state index contributed by atoms with van der Waals surface area (Å²) in [6.07, 6.45) is 1.63. The molecule has 10 heteroatoms. The first-order chi connectivity index (χ1) is 14.5. The Morgan fingerprint density at radius 1 is 0.933 bits per heavy atom. The van der Waals surface area contributed by atoms with Crippen LogP contribution in [0.4, 0.5) is 0 Å². The molecule has 2 aromatic carbocycles. The summed E-state index contributed by atoms with van der Waals surface area (Å²) in [5, 5.41) is 14.0. The minimum atomic E-state index is -3.86. The molecule has 2 heterocycles. The number of sulfonamides is 1. The lowest BCUT2D eigenvalue weighted by Crippen LogP contribution is -2.30. The first kappa shape index (κ1) is 20.1. The van der Waals surface area contributed by atoms with Gasteiger partial charge in [-0.2, -0.15) is 9.52 Å². The van der Waals surface area contributed by atoms with Gasteiger partial charge in [0.05, 0.1) is 17.3 Å². The molecular formula is C20H17ClN6O2S.